The Hall–Kier alpha value is -2.08. The number of aliphatic carboxylic acids is 2. The zero-order valence-electron chi connectivity index (χ0n) is 12.5. The first-order chi connectivity index (χ1) is 9.97. The van der Waals surface area contributed by atoms with Crippen molar-refractivity contribution in [1.82, 2.24) is 4.90 Å². The van der Waals surface area contributed by atoms with Crippen LogP contribution in [0.2, 0.25) is 0 Å². The lowest BCUT2D eigenvalue weighted by Gasteiger charge is -2.16. The van der Waals surface area contributed by atoms with E-state index in [1.807, 2.05) is 30.3 Å². The van der Waals surface area contributed by atoms with E-state index in [0.717, 1.165) is 25.4 Å². The summed E-state index contributed by atoms with van der Waals surface area (Å²) in [6, 6.07) is 9.98. The normalized spacial score (nSPS) is 9.67. The number of para-hydroxylation sites is 1. The van der Waals surface area contributed by atoms with Gasteiger partial charge in [0.2, 0.25) is 0 Å². The molecular formula is C15H23NO5. The van der Waals surface area contributed by atoms with Gasteiger partial charge in [-0.1, -0.05) is 31.5 Å². The Morgan fingerprint density at radius 2 is 1.67 bits per heavy atom. The minimum Gasteiger partial charge on any atom is -0.492 e. The van der Waals surface area contributed by atoms with Crippen molar-refractivity contribution in [2.75, 3.05) is 26.7 Å². The molecule has 1 aromatic carbocycles. The number of carbonyl (C=O) groups is 2. The van der Waals surface area contributed by atoms with Gasteiger partial charge in [0, 0.05) is 6.54 Å². The summed E-state index contributed by atoms with van der Waals surface area (Å²) in [7, 11) is 2.14. The monoisotopic (exact) mass is 297 g/mol. The van der Waals surface area contributed by atoms with E-state index < -0.39 is 11.9 Å². The van der Waals surface area contributed by atoms with Gasteiger partial charge in [-0.2, -0.15) is 0 Å². The highest BCUT2D eigenvalue weighted by molar-refractivity contribution is 6.27. The van der Waals surface area contributed by atoms with Gasteiger partial charge in [-0.15, -0.1) is 0 Å². The number of rotatable bonds is 7. The van der Waals surface area contributed by atoms with Crippen LogP contribution in [0.5, 0.6) is 5.75 Å². The fraction of sp³-hybridized carbons (Fsp3) is 0.467. The maximum Gasteiger partial charge on any atom is 0.414 e. The van der Waals surface area contributed by atoms with Crippen molar-refractivity contribution in [2.24, 2.45) is 0 Å². The van der Waals surface area contributed by atoms with Gasteiger partial charge >= 0.3 is 11.9 Å². The molecule has 0 atom stereocenters. The van der Waals surface area contributed by atoms with Gasteiger partial charge in [0.1, 0.15) is 12.4 Å². The number of unbranched alkanes of at least 4 members (excludes halogenated alkanes) is 1. The molecule has 118 valence electrons. The van der Waals surface area contributed by atoms with Crippen molar-refractivity contribution in [3.8, 4) is 5.75 Å². The van der Waals surface area contributed by atoms with Crippen LogP contribution >= 0.6 is 0 Å². The van der Waals surface area contributed by atoms with Gasteiger partial charge in [-0.25, -0.2) is 9.59 Å². The fourth-order valence-electron chi connectivity index (χ4n) is 1.38. The minimum absolute atomic E-state index is 0.768. The topological polar surface area (TPSA) is 87.1 Å². The Balaban J connectivity index is 0.000000567. The van der Waals surface area contributed by atoms with Crippen molar-refractivity contribution in [3.63, 3.8) is 0 Å². The first kappa shape index (κ1) is 18.9. The van der Waals surface area contributed by atoms with Gasteiger partial charge in [0.25, 0.3) is 0 Å². The number of hydrogen-bond acceptors (Lipinski definition) is 4. The fourth-order valence-corrected chi connectivity index (χ4v) is 1.38. The average molecular weight is 297 g/mol. The first-order valence-corrected chi connectivity index (χ1v) is 6.80. The molecule has 0 unspecified atom stereocenters. The average Bonchev–Trinajstić information content (AvgIpc) is 2.46. The predicted molar refractivity (Wildman–Crippen MR) is 79.6 cm³/mol. The van der Waals surface area contributed by atoms with Gasteiger partial charge in [-0.3, -0.25) is 0 Å². The molecule has 0 aliphatic rings. The zero-order chi connectivity index (χ0) is 16.1. The molecule has 0 aliphatic carbocycles. The second-order valence-corrected chi connectivity index (χ2v) is 4.43. The molecule has 0 aliphatic heterocycles. The number of carboxylic acids is 2. The van der Waals surface area contributed by atoms with E-state index >= 15 is 0 Å². The number of likely N-dealkylation sites (N-methyl/N-ethyl adjacent to an activating group) is 1. The number of nitrogens with zero attached hydrogens (tertiary/aromatic N) is 1. The molecule has 1 rings (SSSR count). The van der Waals surface area contributed by atoms with Crippen LogP contribution in [0.1, 0.15) is 19.8 Å². The highest BCUT2D eigenvalue weighted by Crippen LogP contribution is 2.07. The number of benzene rings is 1. The Bertz CT molecular complexity index is 396. The predicted octanol–water partition coefficient (Wildman–Crippen LogP) is 1.95. The van der Waals surface area contributed by atoms with Gasteiger partial charge < -0.3 is 19.8 Å². The molecule has 0 saturated carbocycles. The third-order valence-electron chi connectivity index (χ3n) is 2.56. The molecule has 0 saturated heterocycles. The zero-order valence-corrected chi connectivity index (χ0v) is 12.5. The Kier molecular flexibility index (Phi) is 10.6. The smallest absolute Gasteiger partial charge is 0.414 e. The van der Waals surface area contributed by atoms with Crippen LogP contribution < -0.4 is 4.74 Å². The van der Waals surface area contributed by atoms with Crippen LogP contribution in [-0.4, -0.2) is 53.8 Å². The molecule has 21 heavy (non-hydrogen) atoms. The van der Waals surface area contributed by atoms with Crippen LogP contribution in [0.3, 0.4) is 0 Å². The van der Waals surface area contributed by atoms with Gasteiger partial charge in [0.05, 0.1) is 0 Å². The summed E-state index contributed by atoms with van der Waals surface area (Å²) < 4.78 is 5.61. The van der Waals surface area contributed by atoms with E-state index in [-0.39, 0.29) is 0 Å². The quantitative estimate of drug-likeness (QED) is 0.748. The third-order valence-corrected chi connectivity index (χ3v) is 2.56. The third kappa shape index (κ3) is 11.4. The summed E-state index contributed by atoms with van der Waals surface area (Å²) >= 11 is 0. The summed E-state index contributed by atoms with van der Waals surface area (Å²) in [6.45, 7) is 5.14. The van der Waals surface area contributed by atoms with E-state index in [0.29, 0.717) is 0 Å². The van der Waals surface area contributed by atoms with Crippen molar-refractivity contribution < 1.29 is 24.5 Å². The van der Waals surface area contributed by atoms with Crippen LogP contribution in [0.25, 0.3) is 0 Å². The van der Waals surface area contributed by atoms with E-state index in [1.165, 1.54) is 12.8 Å². The highest BCUT2D eigenvalue weighted by atomic mass is 16.5. The molecule has 0 heterocycles. The minimum atomic E-state index is -1.82. The lowest BCUT2D eigenvalue weighted by molar-refractivity contribution is -0.159. The summed E-state index contributed by atoms with van der Waals surface area (Å²) in [5.41, 5.74) is 0. The van der Waals surface area contributed by atoms with Gasteiger partial charge in [-0.05, 0) is 32.1 Å². The molecular weight excluding hydrogens is 274 g/mol. The summed E-state index contributed by atoms with van der Waals surface area (Å²) in [5, 5.41) is 14.8. The van der Waals surface area contributed by atoms with Crippen molar-refractivity contribution in [2.45, 2.75) is 19.8 Å². The summed E-state index contributed by atoms with van der Waals surface area (Å²) in [5.74, 6) is -2.69. The first-order valence-electron chi connectivity index (χ1n) is 6.80. The van der Waals surface area contributed by atoms with Gasteiger partial charge in [0.15, 0.2) is 0 Å². The molecule has 2 N–H and O–H groups in total. The summed E-state index contributed by atoms with van der Waals surface area (Å²) in [6.07, 6.45) is 2.52. The molecule has 0 bridgehead atoms. The Morgan fingerprint density at radius 3 is 2.14 bits per heavy atom. The Morgan fingerprint density at radius 1 is 1.10 bits per heavy atom. The second kappa shape index (κ2) is 11.7. The molecule has 0 aromatic heterocycles. The maximum absolute atomic E-state index is 9.10. The van der Waals surface area contributed by atoms with Crippen LogP contribution in [-0.2, 0) is 9.59 Å². The number of hydrogen-bond donors (Lipinski definition) is 2. The van der Waals surface area contributed by atoms with E-state index in [9.17, 15) is 0 Å². The molecule has 0 fully saturated rings. The SMILES string of the molecule is CCCCN(C)CCOc1ccccc1.O=C(O)C(=O)O. The number of carboxylic acid groups (broad SMARTS) is 2. The molecule has 0 amide bonds. The molecule has 6 nitrogen and oxygen atoms in total. The van der Waals surface area contributed by atoms with Crippen molar-refractivity contribution in [1.29, 1.82) is 0 Å². The van der Waals surface area contributed by atoms with E-state index in [4.69, 9.17) is 24.5 Å². The number of ether oxygens (including phenoxy) is 1. The van der Waals surface area contributed by atoms with Crippen LogP contribution in [0.15, 0.2) is 30.3 Å². The largest absolute Gasteiger partial charge is 0.492 e. The standard InChI is InChI=1S/C13H21NO.C2H2O4/c1-3-4-10-14(2)11-12-15-13-8-6-5-7-9-13;3-1(4)2(5)6/h5-9H,3-4,10-12H2,1-2H3;(H,3,4)(H,5,6). The summed E-state index contributed by atoms with van der Waals surface area (Å²) in [4.78, 5) is 20.5. The van der Waals surface area contributed by atoms with E-state index in [2.05, 4.69) is 18.9 Å². The second-order valence-electron chi connectivity index (χ2n) is 4.43. The van der Waals surface area contributed by atoms with Crippen LogP contribution in [0.4, 0.5) is 0 Å². The Labute approximate surface area is 125 Å². The highest BCUT2D eigenvalue weighted by Gasteiger charge is 2.04. The van der Waals surface area contributed by atoms with Crippen molar-refractivity contribution in [3.05, 3.63) is 30.3 Å². The molecule has 0 radical (unpaired) electrons. The van der Waals surface area contributed by atoms with E-state index in [1.54, 1.807) is 0 Å². The lowest BCUT2D eigenvalue weighted by Crippen LogP contribution is -2.25. The molecule has 0 spiro atoms. The van der Waals surface area contributed by atoms with Crippen LogP contribution in [0, 0.1) is 0 Å². The van der Waals surface area contributed by atoms with Crippen molar-refractivity contribution >= 4 is 11.9 Å². The molecule has 6 heteroatoms. The maximum atomic E-state index is 9.10. The molecule has 1 aromatic rings. The lowest BCUT2D eigenvalue weighted by atomic mass is 10.3.